The number of aliphatic hydroxyl groups is 1. The van der Waals surface area contributed by atoms with Crippen molar-refractivity contribution in [3.05, 3.63) is 33.9 Å². The number of benzene rings is 1. The molecule has 10 heteroatoms. The highest BCUT2D eigenvalue weighted by Crippen LogP contribution is 2.66. The molecule has 1 aromatic rings. The zero-order chi connectivity index (χ0) is 16.5. The van der Waals surface area contributed by atoms with Crippen LogP contribution in [0.3, 0.4) is 0 Å². The van der Waals surface area contributed by atoms with Gasteiger partial charge in [0, 0.05) is 23.4 Å². The van der Waals surface area contributed by atoms with Crippen molar-refractivity contribution in [1.29, 1.82) is 0 Å². The van der Waals surface area contributed by atoms with Crippen LogP contribution in [-0.2, 0) is 23.7 Å². The van der Waals surface area contributed by atoms with E-state index >= 15 is 0 Å². The maximum absolute atomic E-state index is 12.9. The second-order valence-corrected chi connectivity index (χ2v) is 6.60. The number of hydrogen-bond donors (Lipinski definition) is 2. The van der Waals surface area contributed by atoms with E-state index in [0.717, 1.165) is 12.1 Å². The summed E-state index contributed by atoms with van der Waals surface area (Å²) in [7, 11) is -4.30. The molecule has 0 aromatic heterocycles. The van der Waals surface area contributed by atoms with Gasteiger partial charge < -0.3 is 19.5 Å². The van der Waals surface area contributed by atoms with Crippen LogP contribution in [0.25, 0.3) is 0 Å². The van der Waals surface area contributed by atoms with Crippen LogP contribution in [0.4, 0.5) is 11.4 Å². The molecule has 0 bridgehead atoms. The fourth-order valence-electron chi connectivity index (χ4n) is 2.21. The zero-order valence-electron chi connectivity index (χ0n) is 11.9. The van der Waals surface area contributed by atoms with Crippen molar-refractivity contribution in [3.8, 4) is 0 Å². The molecule has 0 spiro atoms. The number of hydrogen-bond acceptors (Lipinski definition) is 7. The van der Waals surface area contributed by atoms with Crippen LogP contribution in [0.1, 0.15) is 19.4 Å². The number of nitro groups is 1. The first-order valence-corrected chi connectivity index (χ1v) is 8.06. The molecule has 22 heavy (non-hydrogen) atoms. The molecule has 0 aliphatic carbocycles. The fourth-order valence-corrected chi connectivity index (χ4v) is 4.12. The average Bonchev–Trinajstić information content (AvgIpc) is 2.72. The van der Waals surface area contributed by atoms with Gasteiger partial charge in [-0.05, 0) is 19.9 Å². The second-order valence-electron chi connectivity index (χ2n) is 4.45. The molecule has 0 fully saturated rings. The van der Waals surface area contributed by atoms with E-state index in [1.807, 2.05) is 0 Å². The van der Waals surface area contributed by atoms with Crippen molar-refractivity contribution in [2.24, 2.45) is 0 Å². The van der Waals surface area contributed by atoms with Crippen molar-refractivity contribution in [2.75, 3.05) is 18.5 Å². The number of nitrogens with one attached hydrogen (secondary N) is 1. The van der Waals surface area contributed by atoms with Crippen LogP contribution in [0.2, 0.25) is 0 Å². The van der Waals surface area contributed by atoms with Crippen LogP contribution >= 0.6 is 7.60 Å². The zero-order valence-corrected chi connectivity index (χ0v) is 12.8. The monoisotopic (exact) mass is 330 g/mol. The lowest BCUT2D eigenvalue weighted by Crippen LogP contribution is -2.35. The minimum atomic E-state index is -4.30. The molecule has 2 rings (SSSR count). The highest BCUT2D eigenvalue weighted by atomic mass is 31.2. The predicted octanol–water partition coefficient (Wildman–Crippen LogP) is 1.96. The van der Waals surface area contributed by atoms with Crippen molar-refractivity contribution >= 4 is 24.9 Å². The molecule has 1 aliphatic rings. The SMILES string of the molecule is CCOP(=O)(OCC)[C@]1(O)C(=O)Nc2ccc([N+](=O)[O-])cc21. The Labute approximate surface area is 125 Å². The van der Waals surface area contributed by atoms with Crippen LogP contribution in [0.15, 0.2) is 18.2 Å². The normalized spacial score (nSPS) is 20.6. The second kappa shape index (κ2) is 5.77. The number of carbonyl (C=O) groups is 1. The standard InChI is InChI=1S/C12H15N2O7P/c1-3-20-22(19,21-4-2)12(16)9-7-8(14(17)18)5-6-10(9)13-11(12)15/h5-7,16H,3-4H2,1-2H3,(H,13,15)/t12-/m0/s1. The molecule has 1 aromatic carbocycles. The molecular weight excluding hydrogens is 315 g/mol. The molecule has 1 amide bonds. The Morgan fingerprint density at radius 3 is 2.45 bits per heavy atom. The lowest BCUT2D eigenvalue weighted by Gasteiger charge is -2.29. The summed E-state index contributed by atoms with van der Waals surface area (Å²) in [6.45, 7) is 2.90. The molecule has 0 saturated heterocycles. The molecule has 2 N–H and O–H groups in total. The Hall–Kier alpha value is -1.80. The van der Waals surface area contributed by atoms with Crippen LogP contribution in [0, 0.1) is 10.1 Å². The Morgan fingerprint density at radius 2 is 1.95 bits per heavy atom. The molecule has 0 unspecified atom stereocenters. The van der Waals surface area contributed by atoms with Gasteiger partial charge in [-0.25, -0.2) is 0 Å². The van der Waals surface area contributed by atoms with Gasteiger partial charge in [0.25, 0.3) is 16.9 Å². The number of non-ortho nitro benzene ring substituents is 1. The molecule has 9 nitrogen and oxygen atoms in total. The maximum Gasteiger partial charge on any atom is 0.376 e. The highest BCUT2D eigenvalue weighted by molar-refractivity contribution is 7.56. The molecule has 1 aliphatic heterocycles. The van der Waals surface area contributed by atoms with Gasteiger partial charge >= 0.3 is 7.60 Å². The summed E-state index contributed by atoms with van der Waals surface area (Å²) in [6, 6.07) is 3.40. The number of nitro benzene ring substituents is 1. The lowest BCUT2D eigenvalue weighted by molar-refractivity contribution is -0.384. The number of anilines is 1. The van der Waals surface area contributed by atoms with E-state index in [0.29, 0.717) is 0 Å². The summed E-state index contributed by atoms with van der Waals surface area (Å²) >= 11 is 0. The van der Waals surface area contributed by atoms with Gasteiger partial charge in [-0.1, -0.05) is 0 Å². The van der Waals surface area contributed by atoms with Crippen molar-refractivity contribution in [3.63, 3.8) is 0 Å². The van der Waals surface area contributed by atoms with Crippen molar-refractivity contribution < 1.29 is 28.4 Å². The minimum absolute atomic E-state index is 0.0723. The molecular formula is C12H15N2O7P. The first-order chi connectivity index (χ1) is 10.3. The van der Waals surface area contributed by atoms with Gasteiger partial charge in [0.05, 0.1) is 18.1 Å². The summed E-state index contributed by atoms with van der Waals surface area (Å²) in [4.78, 5) is 22.4. The Balaban J connectivity index is 2.65. The van der Waals surface area contributed by atoms with Crippen molar-refractivity contribution in [2.45, 2.75) is 19.2 Å². The first kappa shape index (κ1) is 16.6. The van der Waals surface area contributed by atoms with Gasteiger partial charge in [-0.3, -0.25) is 19.5 Å². The van der Waals surface area contributed by atoms with E-state index in [1.165, 1.54) is 19.9 Å². The number of rotatable bonds is 6. The maximum atomic E-state index is 12.9. The Morgan fingerprint density at radius 1 is 1.36 bits per heavy atom. The van der Waals surface area contributed by atoms with Crippen LogP contribution in [0.5, 0.6) is 0 Å². The molecule has 0 radical (unpaired) electrons. The lowest BCUT2D eigenvalue weighted by atomic mass is 10.1. The highest BCUT2D eigenvalue weighted by Gasteiger charge is 2.62. The van der Waals surface area contributed by atoms with E-state index in [-0.39, 0.29) is 30.2 Å². The Bertz CT molecular complexity index is 667. The van der Waals surface area contributed by atoms with Crippen molar-refractivity contribution in [1.82, 2.24) is 0 Å². The average molecular weight is 330 g/mol. The van der Waals surface area contributed by atoms with Gasteiger partial charge in [-0.2, -0.15) is 0 Å². The summed E-state index contributed by atoms with van der Waals surface area (Å²) in [5.74, 6) is -1.01. The van der Waals surface area contributed by atoms with E-state index in [1.54, 1.807) is 0 Å². The predicted molar refractivity (Wildman–Crippen MR) is 76.5 cm³/mol. The van der Waals surface area contributed by atoms with Gasteiger partial charge in [-0.15, -0.1) is 0 Å². The number of amides is 1. The summed E-state index contributed by atoms with van der Waals surface area (Å²) < 4.78 is 22.9. The summed E-state index contributed by atoms with van der Waals surface area (Å²) in [5, 5.41) is 21.3. The molecule has 0 saturated carbocycles. The van der Waals surface area contributed by atoms with Gasteiger partial charge in [0.1, 0.15) is 0 Å². The van der Waals surface area contributed by atoms with E-state index < -0.39 is 23.8 Å². The third kappa shape index (κ3) is 2.32. The molecule has 1 heterocycles. The first-order valence-electron chi connectivity index (χ1n) is 6.52. The van der Waals surface area contributed by atoms with E-state index in [4.69, 9.17) is 9.05 Å². The minimum Gasteiger partial charge on any atom is -0.366 e. The Kier molecular flexibility index (Phi) is 4.35. The van der Waals surface area contributed by atoms with E-state index in [2.05, 4.69) is 5.32 Å². The number of carbonyl (C=O) groups excluding carboxylic acids is 1. The summed E-state index contributed by atoms with van der Waals surface area (Å²) in [5.41, 5.74) is -0.428. The smallest absolute Gasteiger partial charge is 0.366 e. The fraction of sp³-hybridized carbons (Fsp3) is 0.417. The van der Waals surface area contributed by atoms with Gasteiger partial charge in [0.2, 0.25) is 0 Å². The molecule has 1 atom stereocenters. The van der Waals surface area contributed by atoms with Gasteiger partial charge in [0.15, 0.2) is 0 Å². The summed E-state index contributed by atoms with van der Waals surface area (Å²) in [6.07, 6.45) is 0. The quantitative estimate of drug-likeness (QED) is 0.463. The van der Waals surface area contributed by atoms with E-state index in [9.17, 15) is 24.6 Å². The van der Waals surface area contributed by atoms with Crippen LogP contribution in [-0.4, -0.2) is 29.2 Å². The topological polar surface area (TPSA) is 128 Å². The third-order valence-corrected chi connectivity index (χ3v) is 5.58. The number of fused-ring (bicyclic) bond motifs is 1. The molecule has 120 valence electrons. The largest absolute Gasteiger partial charge is 0.376 e. The van der Waals surface area contributed by atoms with Crippen LogP contribution < -0.4 is 5.32 Å². The third-order valence-electron chi connectivity index (χ3n) is 3.15. The number of nitrogens with zero attached hydrogens (tertiary/aromatic N) is 1.